The zero-order valence-electron chi connectivity index (χ0n) is 19.9. The molecule has 0 bridgehead atoms. The van der Waals surface area contributed by atoms with E-state index in [2.05, 4.69) is 16.8 Å². The second-order valence-electron chi connectivity index (χ2n) is 9.51. The largest absolute Gasteiger partial charge is 0.381 e. The third kappa shape index (κ3) is 6.52. The Morgan fingerprint density at radius 2 is 2.06 bits per heavy atom. The van der Waals surface area contributed by atoms with E-state index in [-0.39, 0.29) is 30.5 Å². The monoisotopic (exact) mass is 458 g/mol. The zero-order valence-corrected chi connectivity index (χ0v) is 19.9. The van der Waals surface area contributed by atoms with Crippen molar-refractivity contribution < 1.29 is 19.1 Å². The van der Waals surface area contributed by atoms with Crippen LogP contribution in [0.4, 0.5) is 0 Å². The number of nitrogens with zero attached hydrogens (tertiary/aromatic N) is 4. The molecule has 2 amide bonds. The van der Waals surface area contributed by atoms with Gasteiger partial charge in [0.1, 0.15) is 0 Å². The van der Waals surface area contributed by atoms with Crippen LogP contribution in [-0.4, -0.2) is 96.1 Å². The number of likely N-dealkylation sites (tertiary alicyclic amines) is 1. The minimum atomic E-state index is -0.223. The molecule has 8 heteroatoms. The van der Waals surface area contributed by atoms with Gasteiger partial charge in [0.25, 0.3) is 0 Å². The number of amides is 2. The summed E-state index contributed by atoms with van der Waals surface area (Å²) in [7, 11) is 0. The Hall–Kier alpha value is -2.03. The number of pyridine rings is 1. The highest BCUT2D eigenvalue weighted by Gasteiger charge is 2.37. The van der Waals surface area contributed by atoms with Crippen LogP contribution in [0.1, 0.15) is 44.6 Å². The minimum absolute atomic E-state index is 0.0289. The summed E-state index contributed by atoms with van der Waals surface area (Å²) in [6, 6.07) is 3.75. The van der Waals surface area contributed by atoms with Crippen LogP contribution in [-0.2, 0) is 25.7 Å². The van der Waals surface area contributed by atoms with Crippen molar-refractivity contribution >= 4 is 11.8 Å². The molecule has 8 nitrogen and oxygen atoms in total. The van der Waals surface area contributed by atoms with Crippen LogP contribution in [0.2, 0.25) is 0 Å². The molecule has 3 aliphatic rings. The van der Waals surface area contributed by atoms with Crippen LogP contribution in [0.3, 0.4) is 0 Å². The fourth-order valence-corrected chi connectivity index (χ4v) is 5.23. The van der Waals surface area contributed by atoms with Crippen molar-refractivity contribution in [2.75, 3.05) is 52.5 Å². The van der Waals surface area contributed by atoms with Crippen LogP contribution in [0.5, 0.6) is 0 Å². The SMILES string of the molecule is CCN1CCCC[C@@H]1C(=O)N1CC(=O)N(CC2CCOCC2)C[C@@H](OCc2cccnc2)C1. The molecule has 0 N–H and O–H groups in total. The van der Waals surface area contributed by atoms with Gasteiger partial charge in [0, 0.05) is 45.2 Å². The van der Waals surface area contributed by atoms with Crippen molar-refractivity contribution in [2.24, 2.45) is 5.92 Å². The molecule has 0 radical (unpaired) electrons. The molecular weight excluding hydrogens is 420 g/mol. The number of aromatic nitrogens is 1. The standard InChI is InChI=1S/C25H38N4O4/c1-2-27-11-4-3-7-23(27)25(31)29-17-22(33-19-21-6-5-10-26-14-21)16-28(24(30)18-29)15-20-8-12-32-13-9-20/h5-6,10,14,20,22-23H,2-4,7-9,11-13,15-19H2,1H3/t22-,23-/m1/s1. The molecule has 0 aliphatic carbocycles. The van der Waals surface area contributed by atoms with E-state index in [1.54, 1.807) is 17.3 Å². The molecule has 3 aliphatic heterocycles. The molecule has 0 saturated carbocycles. The third-order valence-corrected chi connectivity index (χ3v) is 7.17. The van der Waals surface area contributed by atoms with Crippen molar-refractivity contribution in [1.82, 2.24) is 19.7 Å². The van der Waals surface area contributed by atoms with Gasteiger partial charge in [-0.05, 0) is 56.3 Å². The number of hydrogen-bond donors (Lipinski definition) is 0. The van der Waals surface area contributed by atoms with E-state index in [1.807, 2.05) is 17.0 Å². The molecule has 33 heavy (non-hydrogen) atoms. The van der Waals surface area contributed by atoms with Gasteiger partial charge in [0.05, 0.1) is 25.3 Å². The zero-order chi connectivity index (χ0) is 23.0. The summed E-state index contributed by atoms with van der Waals surface area (Å²) in [5, 5.41) is 0. The van der Waals surface area contributed by atoms with Crippen LogP contribution in [0, 0.1) is 5.92 Å². The van der Waals surface area contributed by atoms with Gasteiger partial charge in [-0.15, -0.1) is 0 Å². The first-order chi connectivity index (χ1) is 16.1. The predicted molar refractivity (Wildman–Crippen MR) is 124 cm³/mol. The van der Waals surface area contributed by atoms with Gasteiger partial charge in [-0.2, -0.15) is 0 Å². The highest BCUT2D eigenvalue weighted by atomic mass is 16.5. The second-order valence-corrected chi connectivity index (χ2v) is 9.51. The maximum atomic E-state index is 13.6. The average Bonchev–Trinajstić information content (AvgIpc) is 3.02. The molecule has 0 unspecified atom stereocenters. The van der Waals surface area contributed by atoms with Crippen LogP contribution >= 0.6 is 0 Å². The molecule has 4 rings (SSSR count). The highest BCUT2D eigenvalue weighted by Crippen LogP contribution is 2.22. The van der Waals surface area contributed by atoms with E-state index >= 15 is 0 Å². The number of hydrogen-bond acceptors (Lipinski definition) is 6. The summed E-state index contributed by atoms with van der Waals surface area (Å²) in [4.78, 5) is 37.0. The van der Waals surface area contributed by atoms with Crippen LogP contribution in [0.15, 0.2) is 24.5 Å². The molecule has 1 aromatic heterocycles. The lowest BCUT2D eigenvalue weighted by atomic mass is 9.99. The summed E-state index contributed by atoms with van der Waals surface area (Å²) in [5.41, 5.74) is 0.992. The Morgan fingerprint density at radius 3 is 2.82 bits per heavy atom. The summed E-state index contributed by atoms with van der Waals surface area (Å²) < 4.78 is 11.8. The van der Waals surface area contributed by atoms with Gasteiger partial charge in [-0.3, -0.25) is 19.5 Å². The van der Waals surface area contributed by atoms with Crippen molar-refractivity contribution in [3.8, 4) is 0 Å². The molecule has 3 saturated heterocycles. The van der Waals surface area contributed by atoms with E-state index in [4.69, 9.17) is 9.47 Å². The molecule has 3 fully saturated rings. The van der Waals surface area contributed by atoms with Gasteiger partial charge in [0.2, 0.25) is 11.8 Å². The normalized spacial score (nSPS) is 25.8. The fraction of sp³-hybridized carbons (Fsp3) is 0.720. The van der Waals surface area contributed by atoms with Gasteiger partial charge < -0.3 is 19.3 Å². The number of likely N-dealkylation sites (N-methyl/N-ethyl adjacent to an activating group) is 1. The number of carbonyl (C=O) groups excluding carboxylic acids is 2. The lowest BCUT2D eigenvalue weighted by Crippen LogP contribution is -2.53. The van der Waals surface area contributed by atoms with Crippen LogP contribution in [0.25, 0.3) is 0 Å². The lowest BCUT2D eigenvalue weighted by Gasteiger charge is -2.37. The molecular formula is C25H38N4O4. The summed E-state index contributed by atoms with van der Waals surface area (Å²) in [5.74, 6) is 0.548. The molecule has 4 heterocycles. The smallest absolute Gasteiger partial charge is 0.242 e. The topological polar surface area (TPSA) is 75.2 Å². The predicted octanol–water partition coefficient (Wildman–Crippen LogP) is 1.94. The third-order valence-electron chi connectivity index (χ3n) is 7.17. The van der Waals surface area contributed by atoms with Gasteiger partial charge in [0.15, 0.2) is 0 Å². The Kier molecular flexibility index (Phi) is 8.69. The van der Waals surface area contributed by atoms with Crippen molar-refractivity contribution in [1.29, 1.82) is 0 Å². The first-order valence-corrected chi connectivity index (χ1v) is 12.5. The van der Waals surface area contributed by atoms with Gasteiger partial charge in [-0.25, -0.2) is 0 Å². The quantitative estimate of drug-likeness (QED) is 0.622. The Balaban J connectivity index is 1.47. The Labute approximate surface area is 197 Å². The Morgan fingerprint density at radius 1 is 1.21 bits per heavy atom. The first-order valence-electron chi connectivity index (χ1n) is 12.5. The molecule has 0 aromatic carbocycles. The van der Waals surface area contributed by atoms with Gasteiger partial charge in [-0.1, -0.05) is 19.4 Å². The highest BCUT2D eigenvalue weighted by molar-refractivity contribution is 5.88. The summed E-state index contributed by atoms with van der Waals surface area (Å²) in [6.07, 6.45) is 8.32. The van der Waals surface area contributed by atoms with E-state index < -0.39 is 0 Å². The summed E-state index contributed by atoms with van der Waals surface area (Å²) in [6.45, 7) is 7.66. The fourth-order valence-electron chi connectivity index (χ4n) is 5.23. The molecule has 0 spiro atoms. The maximum Gasteiger partial charge on any atom is 0.242 e. The summed E-state index contributed by atoms with van der Waals surface area (Å²) >= 11 is 0. The average molecular weight is 459 g/mol. The molecule has 2 atom stereocenters. The van der Waals surface area contributed by atoms with E-state index in [0.717, 1.165) is 64.0 Å². The van der Waals surface area contributed by atoms with Gasteiger partial charge >= 0.3 is 0 Å². The van der Waals surface area contributed by atoms with Crippen molar-refractivity contribution in [2.45, 2.75) is 57.8 Å². The Bertz CT molecular complexity index is 771. The minimum Gasteiger partial charge on any atom is -0.381 e. The molecule has 1 aromatic rings. The number of rotatable bonds is 7. The van der Waals surface area contributed by atoms with E-state index in [0.29, 0.717) is 32.2 Å². The number of ether oxygens (including phenoxy) is 2. The lowest BCUT2D eigenvalue weighted by molar-refractivity contribution is -0.143. The van der Waals surface area contributed by atoms with E-state index in [1.165, 1.54) is 0 Å². The number of piperidine rings is 1. The van der Waals surface area contributed by atoms with Crippen LogP contribution < -0.4 is 0 Å². The van der Waals surface area contributed by atoms with E-state index in [9.17, 15) is 9.59 Å². The first kappa shape index (κ1) is 24.1. The number of carbonyl (C=O) groups is 2. The van der Waals surface area contributed by atoms with Crippen molar-refractivity contribution in [3.05, 3.63) is 30.1 Å². The van der Waals surface area contributed by atoms with Crippen molar-refractivity contribution in [3.63, 3.8) is 0 Å². The maximum absolute atomic E-state index is 13.6. The second kappa shape index (κ2) is 11.9. The molecule has 182 valence electrons.